The minimum absolute atomic E-state index is 0.0319. The first-order valence-corrected chi connectivity index (χ1v) is 4.89. The van der Waals surface area contributed by atoms with Crippen LogP contribution in [0, 0.1) is 10.1 Å². The molecule has 0 radical (unpaired) electrons. The van der Waals surface area contributed by atoms with E-state index in [-0.39, 0.29) is 12.1 Å². The molecule has 0 aromatic heterocycles. The largest absolute Gasteiger partial charge is 0.427 e. The fraction of sp³-hybridized carbons (Fsp3) is 0.300. The summed E-state index contributed by atoms with van der Waals surface area (Å²) in [5.74, 6) is -2.26. The van der Waals surface area contributed by atoms with Crippen molar-refractivity contribution < 1.29 is 36.4 Å². The van der Waals surface area contributed by atoms with E-state index in [1.807, 2.05) is 0 Å². The van der Waals surface area contributed by atoms with Gasteiger partial charge in [0.05, 0.1) is 16.1 Å². The lowest BCUT2D eigenvalue weighted by molar-refractivity contribution is -0.386. The van der Waals surface area contributed by atoms with E-state index < -0.39 is 46.1 Å². The first-order chi connectivity index (χ1) is 9.04. The summed E-state index contributed by atoms with van der Waals surface area (Å²) < 4.78 is 65.8. The normalized spacial score (nSPS) is 11.6. The number of Topliss-reactive ketones (excluding diaryl/α,β-unsaturated/α-hetero) is 1. The first kappa shape index (κ1) is 15.8. The lowest BCUT2D eigenvalue weighted by atomic mass is 10.0. The van der Waals surface area contributed by atoms with Crippen LogP contribution in [0.4, 0.5) is 27.6 Å². The van der Waals surface area contributed by atoms with Gasteiger partial charge >= 0.3 is 18.5 Å². The van der Waals surface area contributed by atoms with Gasteiger partial charge in [0.2, 0.25) is 5.75 Å². The second kappa shape index (κ2) is 5.39. The third kappa shape index (κ3) is 3.39. The third-order valence-electron chi connectivity index (χ3n) is 2.18. The van der Waals surface area contributed by atoms with Crippen molar-refractivity contribution in [3.8, 4) is 5.75 Å². The Hall–Kier alpha value is -2.26. The maximum absolute atomic E-state index is 12.5. The van der Waals surface area contributed by atoms with Crippen LogP contribution < -0.4 is 4.74 Å². The van der Waals surface area contributed by atoms with Crippen LogP contribution in [-0.4, -0.2) is 17.3 Å². The van der Waals surface area contributed by atoms with E-state index in [0.29, 0.717) is 0 Å². The highest BCUT2D eigenvalue weighted by atomic mass is 19.4. The third-order valence-corrected chi connectivity index (χ3v) is 2.18. The van der Waals surface area contributed by atoms with Crippen molar-refractivity contribution in [2.45, 2.75) is 19.7 Å². The predicted octanol–water partition coefficient (Wildman–Crippen LogP) is 3.42. The molecule has 20 heavy (non-hydrogen) atoms. The van der Waals surface area contributed by atoms with Crippen LogP contribution in [0.5, 0.6) is 5.75 Å². The van der Waals surface area contributed by atoms with Gasteiger partial charge in [-0.25, -0.2) is 0 Å². The standard InChI is InChI=1S/C10H6F5NO4/c1-4(17)6-2-5(10(13,14)15)3-7(16(18)19)8(6)20-9(11)12/h2-3,9H,1H3. The summed E-state index contributed by atoms with van der Waals surface area (Å²) in [6, 6.07) is 0.261. The van der Waals surface area contributed by atoms with Crippen LogP contribution >= 0.6 is 0 Å². The van der Waals surface area contributed by atoms with Gasteiger partial charge < -0.3 is 4.74 Å². The Morgan fingerprint density at radius 2 is 1.90 bits per heavy atom. The molecular weight excluding hydrogens is 293 g/mol. The first-order valence-electron chi connectivity index (χ1n) is 4.89. The Balaban J connectivity index is 3.63. The Morgan fingerprint density at radius 1 is 1.35 bits per heavy atom. The molecule has 0 atom stereocenters. The number of rotatable bonds is 4. The molecule has 0 heterocycles. The number of alkyl halides is 5. The van der Waals surface area contributed by atoms with Crippen molar-refractivity contribution in [3.63, 3.8) is 0 Å². The fourth-order valence-corrected chi connectivity index (χ4v) is 1.39. The van der Waals surface area contributed by atoms with Gasteiger partial charge in [0.15, 0.2) is 5.78 Å². The molecule has 0 saturated carbocycles. The Morgan fingerprint density at radius 3 is 2.25 bits per heavy atom. The monoisotopic (exact) mass is 299 g/mol. The number of hydrogen-bond acceptors (Lipinski definition) is 4. The molecule has 0 saturated heterocycles. The van der Waals surface area contributed by atoms with Gasteiger partial charge in [-0.3, -0.25) is 14.9 Å². The SMILES string of the molecule is CC(=O)c1cc(C(F)(F)F)cc([N+](=O)[O-])c1OC(F)F. The minimum Gasteiger partial charge on any atom is -0.427 e. The molecule has 0 aliphatic carbocycles. The van der Waals surface area contributed by atoms with E-state index in [1.54, 1.807) is 0 Å². The molecule has 0 N–H and O–H groups in total. The maximum Gasteiger partial charge on any atom is 0.416 e. The molecule has 1 aromatic carbocycles. The van der Waals surface area contributed by atoms with Gasteiger partial charge in [-0.05, 0) is 13.0 Å². The Labute approximate surface area is 108 Å². The van der Waals surface area contributed by atoms with Crippen LogP contribution in [0.2, 0.25) is 0 Å². The van der Waals surface area contributed by atoms with E-state index in [4.69, 9.17) is 0 Å². The van der Waals surface area contributed by atoms with Gasteiger partial charge in [0, 0.05) is 6.07 Å². The van der Waals surface area contributed by atoms with Crippen LogP contribution in [0.1, 0.15) is 22.8 Å². The topological polar surface area (TPSA) is 69.4 Å². The molecule has 0 fully saturated rings. The molecule has 0 aliphatic heterocycles. The van der Waals surface area contributed by atoms with E-state index >= 15 is 0 Å². The highest BCUT2D eigenvalue weighted by Crippen LogP contribution is 2.39. The number of nitrogens with zero attached hydrogens (tertiary/aromatic N) is 1. The zero-order valence-electron chi connectivity index (χ0n) is 9.70. The predicted molar refractivity (Wildman–Crippen MR) is 54.7 cm³/mol. The van der Waals surface area contributed by atoms with Crippen molar-refractivity contribution in [1.82, 2.24) is 0 Å². The lowest BCUT2D eigenvalue weighted by Crippen LogP contribution is -2.13. The lowest BCUT2D eigenvalue weighted by Gasteiger charge is -2.13. The van der Waals surface area contributed by atoms with Crippen LogP contribution in [0.3, 0.4) is 0 Å². The molecule has 0 spiro atoms. The second-order valence-corrected chi connectivity index (χ2v) is 3.56. The number of nitro benzene ring substituents is 1. The van der Waals surface area contributed by atoms with E-state index in [2.05, 4.69) is 4.74 Å². The van der Waals surface area contributed by atoms with Gasteiger partial charge in [-0.15, -0.1) is 0 Å². The average Bonchev–Trinajstić information content (AvgIpc) is 2.25. The molecule has 0 amide bonds. The summed E-state index contributed by atoms with van der Waals surface area (Å²) >= 11 is 0. The summed E-state index contributed by atoms with van der Waals surface area (Å²) in [7, 11) is 0. The molecule has 110 valence electrons. The number of ether oxygens (including phenoxy) is 1. The number of carbonyl (C=O) groups is 1. The molecule has 10 heteroatoms. The summed E-state index contributed by atoms with van der Waals surface area (Å²) in [6.07, 6.45) is -4.97. The highest BCUT2D eigenvalue weighted by molar-refractivity contribution is 5.98. The van der Waals surface area contributed by atoms with Crippen molar-refractivity contribution >= 4 is 11.5 Å². The Bertz CT molecular complexity index is 520. The zero-order chi connectivity index (χ0) is 15.7. The fourth-order valence-electron chi connectivity index (χ4n) is 1.39. The minimum atomic E-state index is -4.97. The van der Waals surface area contributed by atoms with Crippen molar-refractivity contribution in [3.05, 3.63) is 33.4 Å². The molecule has 0 bridgehead atoms. The maximum atomic E-state index is 12.5. The van der Waals surface area contributed by atoms with Crippen molar-refractivity contribution in [1.29, 1.82) is 0 Å². The molecule has 0 unspecified atom stereocenters. The molecule has 5 nitrogen and oxygen atoms in total. The van der Waals surface area contributed by atoms with Crippen LogP contribution in [-0.2, 0) is 6.18 Å². The second-order valence-electron chi connectivity index (χ2n) is 3.56. The molecule has 1 aromatic rings. The van der Waals surface area contributed by atoms with Crippen LogP contribution in [0.15, 0.2) is 12.1 Å². The van der Waals surface area contributed by atoms with Gasteiger partial charge in [0.25, 0.3) is 0 Å². The van der Waals surface area contributed by atoms with E-state index in [0.717, 1.165) is 6.92 Å². The quantitative estimate of drug-likeness (QED) is 0.370. The van der Waals surface area contributed by atoms with Gasteiger partial charge in [-0.2, -0.15) is 22.0 Å². The molecular formula is C10H6F5NO4. The van der Waals surface area contributed by atoms with Crippen molar-refractivity contribution in [2.75, 3.05) is 0 Å². The van der Waals surface area contributed by atoms with E-state index in [1.165, 1.54) is 0 Å². The summed E-state index contributed by atoms with van der Waals surface area (Å²) in [5.41, 5.74) is -3.80. The number of nitro groups is 1. The number of carbonyl (C=O) groups excluding carboxylic acids is 1. The molecule has 1 rings (SSSR count). The highest BCUT2D eigenvalue weighted by Gasteiger charge is 2.36. The number of hydrogen-bond donors (Lipinski definition) is 0. The van der Waals surface area contributed by atoms with Gasteiger partial charge in [-0.1, -0.05) is 0 Å². The van der Waals surface area contributed by atoms with Gasteiger partial charge in [0.1, 0.15) is 0 Å². The smallest absolute Gasteiger partial charge is 0.416 e. The summed E-state index contributed by atoms with van der Waals surface area (Å²) in [5, 5.41) is 10.7. The van der Waals surface area contributed by atoms with Crippen molar-refractivity contribution in [2.24, 2.45) is 0 Å². The summed E-state index contributed by atoms with van der Waals surface area (Å²) in [6.45, 7) is -2.75. The van der Waals surface area contributed by atoms with Crippen LogP contribution in [0.25, 0.3) is 0 Å². The average molecular weight is 299 g/mol. The zero-order valence-corrected chi connectivity index (χ0v) is 9.70. The Kier molecular flexibility index (Phi) is 4.26. The number of benzene rings is 1. The number of ketones is 1. The summed E-state index contributed by atoms with van der Waals surface area (Å²) in [4.78, 5) is 20.5. The number of halogens is 5. The molecule has 0 aliphatic rings. The van der Waals surface area contributed by atoms with E-state index in [9.17, 15) is 36.9 Å².